The van der Waals surface area contributed by atoms with E-state index in [9.17, 15) is 4.79 Å². The quantitative estimate of drug-likeness (QED) is 0.590. The lowest BCUT2D eigenvalue weighted by Gasteiger charge is -2.32. The topological polar surface area (TPSA) is 75.2 Å². The Balaban J connectivity index is 1.80. The molecule has 0 aliphatic carbocycles. The highest BCUT2D eigenvalue weighted by Crippen LogP contribution is 2.19. The molecule has 0 aromatic heterocycles. The monoisotopic (exact) mass is 376 g/mol. The normalized spacial score (nSPS) is 15.4. The van der Waals surface area contributed by atoms with Crippen LogP contribution in [-0.4, -0.2) is 56.3 Å². The average molecular weight is 377 g/mol. The molecule has 0 unspecified atom stereocenters. The number of aryl methyl sites for hydroxylation is 1. The van der Waals surface area contributed by atoms with Gasteiger partial charge in [-0.05, 0) is 50.8 Å². The van der Waals surface area contributed by atoms with Gasteiger partial charge in [0.1, 0.15) is 5.75 Å². The van der Waals surface area contributed by atoms with Crippen molar-refractivity contribution in [2.45, 2.75) is 46.2 Å². The first-order chi connectivity index (χ1) is 13.1. The van der Waals surface area contributed by atoms with Crippen LogP contribution in [0.25, 0.3) is 0 Å². The van der Waals surface area contributed by atoms with Gasteiger partial charge < -0.3 is 25.0 Å². The molecule has 7 heteroatoms. The van der Waals surface area contributed by atoms with Gasteiger partial charge in [-0.2, -0.15) is 0 Å². The van der Waals surface area contributed by atoms with Crippen LogP contribution in [0, 0.1) is 6.92 Å². The molecule has 0 spiro atoms. The zero-order valence-corrected chi connectivity index (χ0v) is 16.9. The van der Waals surface area contributed by atoms with E-state index in [2.05, 4.69) is 34.7 Å². The second kappa shape index (κ2) is 10.6. The second-order valence-corrected chi connectivity index (χ2v) is 6.56. The summed E-state index contributed by atoms with van der Waals surface area (Å²) in [5.74, 6) is 1.70. The van der Waals surface area contributed by atoms with Crippen LogP contribution >= 0.6 is 0 Å². The van der Waals surface area contributed by atoms with Gasteiger partial charge in [-0.1, -0.05) is 12.1 Å². The number of likely N-dealkylation sites (tertiary alicyclic amines) is 1. The summed E-state index contributed by atoms with van der Waals surface area (Å²) in [5, 5.41) is 6.81. The first-order valence-corrected chi connectivity index (χ1v) is 9.68. The van der Waals surface area contributed by atoms with Gasteiger partial charge in [0.15, 0.2) is 5.96 Å². The molecule has 1 fully saturated rings. The Morgan fingerprint density at radius 3 is 2.59 bits per heavy atom. The highest BCUT2D eigenvalue weighted by molar-refractivity contribution is 5.80. The molecule has 0 bridgehead atoms. The maximum Gasteiger partial charge on any atom is 0.409 e. The summed E-state index contributed by atoms with van der Waals surface area (Å²) < 4.78 is 10.6. The predicted molar refractivity (Wildman–Crippen MR) is 107 cm³/mol. The first kappa shape index (κ1) is 20.9. The summed E-state index contributed by atoms with van der Waals surface area (Å²) in [5.41, 5.74) is 2.31. The zero-order chi connectivity index (χ0) is 19.6. The average Bonchev–Trinajstić information content (AvgIpc) is 2.68. The molecule has 7 nitrogen and oxygen atoms in total. The van der Waals surface area contributed by atoms with E-state index >= 15 is 0 Å². The fraction of sp³-hybridized carbons (Fsp3) is 0.600. The van der Waals surface area contributed by atoms with E-state index in [4.69, 9.17) is 9.47 Å². The van der Waals surface area contributed by atoms with Gasteiger partial charge in [-0.25, -0.2) is 4.79 Å². The maximum absolute atomic E-state index is 11.8. The van der Waals surface area contributed by atoms with Crippen molar-refractivity contribution in [1.29, 1.82) is 0 Å². The molecule has 1 heterocycles. The van der Waals surface area contributed by atoms with Crippen molar-refractivity contribution in [1.82, 2.24) is 15.5 Å². The molecule has 1 aromatic carbocycles. The van der Waals surface area contributed by atoms with Crippen molar-refractivity contribution in [2.24, 2.45) is 4.99 Å². The summed E-state index contributed by atoms with van der Waals surface area (Å²) in [6.45, 7) is 9.04. The van der Waals surface area contributed by atoms with Crippen LogP contribution in [0.1, 0.15) is 37.8 Å². The molecular formula is C20H32N4O3. The largest absolute Gasteiger partial charge is 0.494 e. The summed E-state index contributed by atoms with van der Waals surface area (Å²) in [6.07, 6.45) is 1.54. The van der Waals surface area contributed by atoms with Crippen LogP contribution in [-0.2, 0) is 11.3 Å². The molecule has 1 saturated heterocycles. The second-order valence-electron chi connectivity index (χ2n) is 6.56. The number of aliphatic imine (C=N–C) groups is 1. The third-order valence-electron chi connectivity index (χ3n) is 4.58. The number of ether oxygens (including phenoxy) is 2. The van der Waals surface area contributed by atoms with Gasteiger partial charge in [-0.15, -0.1) is 0 Å². The molecule has 0 saturated carbocycles. The SMILES string of the molecule is CCOC(=O)N1CCC(NC(=NC)NCc2ccc(OCC)c(C)c2)CC1. The number of piperidine rings is 1. The number of guanidine groups is 1. The van der Waals surface area contributed by atoms with Crippen LogP contribution < -0.4 is 15.4 Å². The maximum atomic E-state index is 11.8. The molecule has 2 rings (SSSR count). The van der Waals surface area contributed by atoms with Crippen molar-refractivity contribution in [3.05, 3.63) is 29.3 Å². The standard InChI is InChI=1S/C20H32N4O3/c1-5-26-18-8-7-16(13-15(18)3)14-22-19(21-4)23-17-9-11-24(12-10-17)20(25)27-6-2/h7-8,13,17H,5-6,9-12,14H2,1-4H3,(H2,21,22,23). The summed E-state index contributed by atoms with van der Waals surface area (Å²) in [4.78, 5) is 17.9. The van der Waals surface area contributed by atoms with E-state index in [1.807, 2.05) is 19.9 Å². The Kier molecular flexibility index (Phi) is 8.23. The fourth-order valence-electron chi connectivity index (χ4n) is 3.13. The fourth-order valence-corrected chi connectivity index (χ4v) is 3.13. The van der Waals surface area contributed by atoms with E-state index < -0.39 is 0 Å². The predicted octanol–water partition coefficient (Wildman–Crippen LogP) is 2.68. The van der Waals surface area contributed by atoms with E-state index in [-0.39, 0.29) is 6.09 Å². The lowest BCUT2D eigenvalue weighted by Crippen LogP contribution is -2.49. The van der Waals surface area contributed by atoms with Crippen LogP contribution in [0.5, 0.6) is 5.75 Å². The number of benzene rings is 1. The number of carbonyl (C=O) groups excluding carboxylic acids is 1. The number of amides is 1. The van der Waals surface area contributed by atoms with Crippen molar-refractivity contribution in [3.63, 3.8) is 0 Å². The van der Waals surface area contributed by atoms with E-state index in [0.717, 1.165) is 30.1 Å². The first-order valence-electron chi connectivity index (χ1n) is 9.68. The third-order valence-corrected chi connectivity index (χ3v) is 4.58. The van der Waals surface area contributed by atoms with Gasteiger partial charge in [0, 0.05) is 32.7 Å². The highest BCUT2D eigenvalue weighted by Gasteiger charge is 2.24. The number of hydrogen-bond acceptors (Lipinski definition) is 4. The molecular weight excluding hydrogens is 344 g/mol. The smallest absolute Gasteiger partial charge is 0.409 e. The third kappa shape index (κ3) is 6.34. The van der Waals surface area contributed by atoms with E-state index in [1.54, 1.807) is 11.9 Å². The van der Waals surface area contributed by atoms with E-state index in [0.29, 0.717) is 38.9 Å². The summed E-state index contributed by atoms with van der Waals surface area (Å²) >= 11 is 0. The Bertz CT molecular complexity index is 640. The van der Waals surface area contributed by atoms with Crippen LogP contribution in [0.2, 0.25) is 0 Å². The molecule has 2 N–H and O–H groups in total. The summed E-state index contributed by atoms with van der Waals surface area (Å²) in [7, 11) is 1.77. The van der Waals surface area contributed by atoms with Gasteiger partial charge in [-0.3, -0.25) is 4.99 Å². The molecule has 1 amide bonds. The van der Waals surface area contributed by atoms with Gasteiger partial charge in [0.25, 0.3) is 0 Å². The number of nitrogens with zero attached hydrogens (tertiary/aromatic N) is 2. The van der Waals surface area contributed by atoms with Crippen molar-refractivity contribution >= 4 is 12.1 Å². The van der Waals surface area contributed by atoms with Crippen molar-refractivity contribution in [2.75, 3.05) is 33.4 Å². The van der Waals surface area contributed by atoms with Gasteiger partial charge in [0.05, 0.1) is 13.2 Å². The molecule has 0 radical (unpaired) electrons. The molecule has 27 heavy (non-hydrogen) atoms. The lowest BCUT2D eigenvalue weighted by molar-refractivity contribution is 0.0963. The number of carbonyl (C=O) groups is 1. The van der Waals surface area contributed by atoms with Crippen LogP contribution in [0.4, 0.5) is 4.79 Å². The minimum atomic E-state index is -0.218. The Morgan fingerprint density at radius 2 is 2.00 bits per heavy atom. The van der Waals surface area contributed by atoms with E-state index in [1.165, 1.54) is 5.56 Å². The van der Waals surface area contributed by atoms with Crippen LogP contribution in [0.3, 0.4) is 0 Å². The van der Waals surface area contributed by atoms with Crippen LogP contribution in [0.15, 0.2) is 23.2 Å². The van der Waals surface area contributed by atoms with Crippen molar-refractivity contribution < 1.29 is 14.3 Å². The van der Waals surface area contributed by atoms with Gasteiger partial charge >= 0.3 is 6.09 Å². The Hall–Kier alpha value is -2.44. The Morgan fingerprint density at radius 1 is 1.26 bits per heavy atom. The number of rotatable bonds is 6. The Labute approximate surface area is 162 Å². The minimum Gasteiger partial charge on any atom is -0.494 e. The molecule has 1 aromatic rings. The molecule has 0 atom stereocenters. The van der Waals surface area contributed by atoms with Crippen molar-refractivity contribution in [3.8, 4) is 5.75 Å². The number of nitrogens with one attached hydrogen (secondary N) is 2. The highest BCUT2D eigenvalue weighted by atomic mass is 16.6. The molecule has 150 valence electrons. The number of hydrogen-bond donors (Lipinski definition) is 2. The summed E-state index contributed by atoms with van der Waals surface area (Å²) in [6, 6.07) is 6.50. The zero-order valence-electron chi connectivity index (χ0n) is 16.9. The minimum absolute atomic E-state index is 0.218. The van der Waals surface area contributed by atoms with Gasteiger partial charge in [0.2, 0.25) is 0 Å². The molecule has 1 aliphatic heterocycles. The molecule has 1 aliphatic rings. The lowest BCUT2D eigenvalue weighted by atomic mass is 10.1.